The monoisotopic (exact) mass is 74.0 g/mol. The Labute approximate surface area is 45.5 Å². The first kappa shape index (κ1) is 4.05. The van der Waals surface area contributed by atoms with Gasteiger partial charge < -0.3 is 0 Å². The summed E-state index contributed by atoms with van der Waals surface area (Å²) in [6.45, 7) is 0. The second-order valence-corrected chi connectivity index (χ2v) is 1.22. The van der Waals surface area contributed by atoms with Gasteiger partial charge in [0.25, 0.3) is 0 Å². The molecule has 0 spiro atoms. The van der Waals surface area contributed by atoms with E-state index in [9.17, 15) is 0 Å². The molecule has 2 heteroatoms. The summed E-state index contributed by atoms with van der Waals surface area (Å²) in [5.74, 6) is 0. The van der Waals surface area contributed by atoms with E-state index in [1.54, 1.807) is 6.26 Å². The Morgan fingerprint density at radius 2 is 2.50 bits per heavy atom. The van der Waals surface area contributed by atoms with E-state index in [0.717, 1.165) is 4.43 Å². The predicted molar refractivity (Wildman–Crippen MR) is 24.1 cm³/mol. The van der Waals surface area contributed by atoms with Crippen LogP contribution in [0.25, 0.3) is 0 Å². The van der Waals surface area contributed by atoms with Crippen molar-refractivity contribution in [3.8, 4) is 0 Å². The first-order valence-corrected chi connectivity index (χ1v) is 1.90. The van der Waals surface area contributed by atoms with Crippen LogP contribution in [0.15, 0.2) is 22.8 Å². The van der Waals surface area contributed by atoms with Gasteiger partial charge in [0.1, 0.15) is 0 Å². The Hall–Kier alpha value is -0.123. The molecule has 0 aromatic carbocycles. The Kier molecular flexibility index (Phi) is 1.05. The molecule has 0 saturated heterocycles. The summed E-state index contributed by atoms with van der Waals surface area (Å²) in [4.78, 5) is 0. The molecule has 6 heavy (non-hydrogen) atoms. The molecule has 0 fully saturated rings. The van der Waals surface area contributed by atoms with Gasteiger partial charge in [-0.15, -0.1) is 0 Å². The normalized spacial score (nSPS) is 9.00. The average molecular weight is 74.0 g/mol. The number of hydrogen-bond donors (Lipinski definition) is 0. The van der Waals surface area contributed by atoms with Crippen LogP contribution in [0.3, 0.4) is 0 Å². The molecule has 1 nitrogen and oxygen atoms in total. The van der Waals surface area contributed by atoms with E-state index >= 15 is 0 Å². The number of furan rings is 1. The van der Waals surface area contributed by atoms with Crippen molar-refractivity contribution < 1.29 is 4.42 Å². The molecule has 0 atom stereocenters. The summed E-state index contributed by atoms with van der Waals surface area (Å²) in [5.41, 5.74) is 0. The van der Waals surface area contributed by atoms with Crippen molar-refractivity contribution in [3.05, 3.63) is 18.4 Å². The minimum absolute atomic E-state index is 0.968. The summed E-state index contributed by atoms with van der Waals surface area (Å²) in [6.07, 6.45) is 1.66. The third kappa shape index (κ3) is 0.679. The van der Waals surface area contributed by atoms with Gasteiger partial charge in [0.2, 0.25) is 0 Å². The Balaban J connectivity index is 3.05. The Morgan fingerprint density at radius 1 is 1.67 bits per heavy atom. The molecular formula is C4H3LiO. The second-order valence-electron chi connectivity index (χ2n) is 1.22. The Morgan fingerprint density at radius 3 is 2.67 bits per heavy atom. The van der Waals surface area contributed by atoms with E-state index < -0.39 is 0 Å². The van der Waals surface area contributed by atoms with Crippen LogP contribution in [-0.2, 0) is 0 Å². The standard InChI is InChI=1S/C4H3O.Li/c1-2-4-5-3-1;/h1-3H;. The molecule has 0 bridgehead atoms. The van der Waals surface area contributed by atoms with Crippen LogP contribution in [0.4, 0.5) is 0 Å². The molecule has 1 aromatic heterocycles. The summed E-state index contributed by atoms with van der Waals surface area (Å²) >= 11 is 1.92. The fourth-order valence-corrected chi connectivity index (χ4v) is 0.361. The third-order valence-electron chi connectivity index (χ3n) is 0.663. The van der Waals surface area contributed by atoms with E-state index in [4.69, 9.17) is 4.42 Å². The SMILES string of the molecule is [Li][c]1ccco1. The molecule has 0 saturated carbocycles. The summed E-state index contributed by atoms with van der Waals surface area (Å²) in [7, 11) is 0. The maximum absolute atomic E-state index is 4.83. The van der Waals surface area contributed by atoms with Gasteiger partial charge in [-0.2, -0.15) is 0 Å². The molecule has 1 rings (SSSR count). The van der Waals surface area contributed by atoms with Crippen molar-refractivity contribution in [2.24, 2.45) is 0 Å². The second kappa shape index (κ2) is 1.55. The molecule has 0 aliphatic heterocycles. The zero-order valence-corrected chi connectivity index (χ0v) is 3.64. The van der Waals surface area contributed by atoms with Gasteiger partial charge >= 0.3 is 45.0 Å². The van der Waals surface area contributed by atoms with Gasteiger partial charge in [-0.05, 0) is 0 Å². The predicted octanol–water partition coefficient (Wildman–Crippen LogP) is 0.0734. The third-order valence-corrected chi connectivity index (χ3v) is 0.663. The molecule has 0 radical (unpaired) electrons. The van der Waals surface area contributed by atoms with Crippen LogP contribution in [-0.4, -0.2) is 17.7 Å². The quantitative estimate of drug-likeness (QED) is 0.397. The Bertz CT molecular complexity index is 111. The summed E-state index contributed by atoms with van der Waals surface area (Å²) in [6, 6.07) is 3.79. The fraction of sp³-hybridized carbons (Fsp3) is 0. The van der Waals surface area contributed by atoms with E-state index in [2.05, 4.69) is 0 Å². The minimum atomic E-state index is 0.968. The van der Waals surface area contributed by atoms with Gasteiger partial charge in [-0.1, -0.05) is 0 Å². The summed E-state index contributed by atoms with van der Waals surface area (Å²) in [5, 5.41) is 0. The summed E-state index contributed by atoms with van der Waals surface area (Å²) < 4.78 is 5.80. The van der Waals surface area contributed by atoms with E-state index in [1.165, 1.54) is 0 Å². The fourth-order valence-electron chi connectivity index (χ4n) is 0.361. The van der Waals surface area contributed by atoms with Crippen molar-refractivity contribution in [3.63, 3.8) is 0 Å². The van der Waals surface area contributed by atoms with E-state index in [1.807, 2.05) is 29.8 Å². The molecule has 1 heterocycles. The molecule has 0 amide bonds. The van der Waals surface area contributed by atoms with Gasteiger partial charge in [0.15, 0.2) is 0 Å². The number of rotatable bonds is 0. The maximum atomic E-state index is 4.83. The van der Waals surface area contributed by atoms with Crippen LogP contribution in [0.2, 0.25) is 0 Å². The van der Waals surface area contributed by atoms with Gasteiger partial charge in [-0.25, -0.2) is 0 Å². The molecular weight excluding hydrogens is 71.0 g/mol. The van der Waals surface area contributed by atoms with Crippen molar-refractivity contribution >= 4 is 22.1 Å². The van der Waals surface area contributed by atoms with Crippen LogP contribution in [0.1, 0.15) is 0 Å². The van der Waals surface area contributed by atoms with Crippen LogP contribution < -0.4 is 4.43 Å². The number of hydrogen-bond acceptors (Lipinski definition) is 1. The van der Waals surface area contributed by atoms with Crippen molar-refractivity contribution in [2.75, 3.05) is 0 Å². The van der Waals surface area contributed by atoms with Crippen molar-refractivity contribution in [1.82, 2.24) is 0 Å². The van der Waals surface area contributed by atoms with Gasteiger partial charge in [-0.3, -0.25) is 0 Å². The molecule has 1 aromatic rings. The zero-order chi connectivity index (χ0) is 4.41. The van der Waals surface area contributed by atoms with Gasteiger partial charge in [0.05, 0.1) is 0 Å². The molecule has 0 aliphatic rings. The van der Waals surface area contributed by atoms with Crippen LogP contribution in [0.5, 0.6) is 0 Å². The van der Waals surface area contributed by atoms with E-state index in [0.29, 0.717) is 0 Å². The first-order chi connectivity index (χ1) is 2.89. The van der Waals surface area contributed by atoms with Crippen LogP contribution >= 0.6 is 0 Å². The first-order valence-electron chi connectivity index (χ1n) is 1.90. The molecule has 0 N–H and O–H groups in total. The van der Waals surface area contributed by atoms with Crippen molar-refractivity contribution in [2.45, 2.75) is 0 Å². The zero-order valence-electron chi connectivity index (χ0n) is 3.64. The average Bonchev–Trinajstić information content (AvgIpc) is 1.86. The molecule has 0 aliphatic carbocycles. The topological polar surface area (TPSA) is 13.1 Å². The van der Waals surface area contributed by atoms with Gasteiger partial charge in [0, 0.05) is 0 Å². The van der Waals surface area contributed by atoms with E-state index in [-0.39, 0.29) is 0 Å². The van der Waals surface area contributed by atoms with Crippen molar-refractivity contribution in [1.29, 1.82) is 0 Å². The molecule has 26 valence electrons. The van der Waals surface area contributed by atoms with Crippen LogP contribution in [0, 0.1) is 0 Å². The molecule has 0 unspecified atom stereocenters.